The predicted octanol–water partition coefficient (Wildman–Crippen LogP) is 10.5. The number of rotatable bonds is 29. The summed E-state index contributed by atoms with van der Waals surface area (Å²) in [5.74, 6) is 0. The molecule has 0 saturated carbocycles. The minimum absolute atomic E-state index is 0.00472. The van der Waals surface area contributed by atoms with Crippen LogP contribution in [-0.4, -0.2) is 26.3 Å². The molecule has 0 heterocycles. The summed E-state index contributed by atoms with van der Waals surface area (Å²) in [6.45, 7) is 7.13. The molecule has 0 aromatic heterocycles. The lowest BCUT2D eigenvalue weighted by Gasteiger charge is -2.19. The van der Waals surface area contributed by atoms with Gasteiger partial charge in [0.15, 0.2) is 13.1 Å². The van der Waals surface area contributed by atoms with Crippen LogP contribution >= 0.6 is 0 Å². The Morgan fingerprint density at radius 2 is 1.18 bits per heavy atom. The molecule has 0 bridgehead atoms. The molecule has 0 aliphatic heterocycles. The van der Waals surface area contributed by atoms with Crippen LogP contribution < -0.4 is 0 Å². The van der Waals surface area contributed by atoms with Gasteiger partial charge in [-0.1, -0.05) is 128 Å². The molecule has 4 heteroatoms. The largest absolute Gasteiger partial charge is 0.475 e. The van der Waals surface area contributed by atoms with Gasteiger partial charge < -0.3 is 18.9 Å². The fourth-order valence-corrected chi connectivity index (χ4v) is 4.47. The summed E-state index contributed by atoms with van der Waals surface area (Å²) in [7, 11) is 0. The van der Waals surface area contributed by atoms with Gasteiger partial charge in [0.05, 0.1) is 12.9 Å². The number of allylic oxidation sites excluding steroid dienone is 1. The van der Waals surface area contributed by atoms with Crippen LogP contribution in [0.4, 0.5) is 0 Å². The highest BCUT2D eigenvalue weighted by Crippen LogP contribution is 2.15. The van der Waals surface area contributed by atoms with Gasteiger partial charge in [0.1, 0.15) is 0 Å². The smallest absolute Gasteiger partial charge is 0.188 e. The van der Waals surface area contributed by atoms with E-state index in [4.69, 9.17) is 18.9 Å². The third kappa shape index (κ3) is 23.7. The first kappa shape index (κ1) is 34.7. The molecule has 220 valence electrons. The van der Waals surface area contributed by atoms with E-state index in [0.29, 0.717) is 13.4 Å². The van der Waals surface area contributed by atoms with Gasteiger partial charge in [-0.05, 0) is 50.2 Å². The van der Waals surface area contributed by atoms with Crippen LogP contribution in [0.1, 0.15) is 141 Å². The Balaban J connectivity index is 1.97. The average molecular weight is 533 g/mol. The minimum Gasteiger partial charge on any atom is -0.475 e. The number of hydrogen-bond donors (Lipinski definition) is 0. The fraction of sp³-hybridized carbons (Fsp3) is 0.765. The summed E-state index contributed by atoms with van der Waals surface area (Å²) in [6, 6.07) is 10.2. The lowest BCUT2D eigenvalue weighted by atomic mass is 10.1. The van der Waals surface area contributed by atoms with E-state index in [1.54, 1.807) is 6.26 Å². The van der Waals surface area contributed by atoms with Crippen LogP contribution in [0, 0.1) is 0 Å². The molecule has 1 aromatic carbocycles. The van der Waals surface area contributed by atoms with Crippen molar-refractivity contribution >= 4 is 0 Å². The maximum Gasteiger partial charge on any atom is 0.188 e. The summed E-state index contributed by atoms with van der Waals surface area (Å²) in [5, 5.41) is 0. The van der Waals surface area contributed by atoms with Crippen molar-refractivity contribution in [1.82, 2.24) is 0 Å². The number of ether oxygens (including phenoxy) is 4. The molecule has 0 saturated heterocycles. The topological polar surface area (TPSA) is 36.9 Å². The van der Waals surface area contributed by atoms with Crippen molar-refractivity contribution in [3.05, 3.63) is 48.2 Å². The van der Waals surface area contributed by atoms with E-state index in [1.165, 1.54) is 115 Å². The number of hydrogen-bond acceptors (Lipinski definition) is 4. The molecule has 0 aliphatic carbocycles. The third-order valence-corrected chi connectivity index (χ3v) is 6.87. The van der Waals surface area contributed by atoms with E-state index in [2.05, 4.69) is 32.1 Å². The first-order valence-corrected chi connectivity index (χ1v) is 16.0. The fourth-order valence-electron chi connectivity index (χ4n) is 4.47. The van der Waals surface area contributed by atoms with E-state index in [0.717, 1.165) is 26.1 Å². The van der Waals surface area contributed by atoms with Crippen molar-refractivity contribution in [2.75, 3.05) is 20.0 Å². The Kier molecular flexibility index (Phi) is 26.1. The normalized spacial score (nSPS) is 11.7. The summed E-state index contributed by atoms with van der Waals surface area (Å²) >= 11 is 0. The van der Waals surface area contributed by atoms with Crippen LogP contribution in [0.2, 0.25) is 0 Å². The third-order valence-electron chi connectivity index (χ3n) is 6.87. The summed E-state index contributed by atoms with van der Waals surface area (Å²) in [5.41, 5.74) is 1.17. The van der Waals surface area contributed by atoms with Crippen LogP contribution in [0.15, 0.2) is 42.7 Å². The zero-order valence-electron chi connectivity index (χ0n) is 25.0. The Hall–Kier alpha value is -1.36. The summed E-state index contributed by atoms with van der Waals surface area (Å²) in [6.07, 6.45) is 27.8. The van der Waals surface area contributed by atoms with Crippen molar-refractivity contribution in [3.63, 3.8) is 0 Å². The molecular weight excluding hydrogens is 472 g/mol. The molecule has 0 spiro atoms. The molecule has 0 radical (unpaired) electrons. The van der Waals surface area contributed by atoms with Crippen molar-refractivity contribution in [2.45, 2.75) is 149 Å². The molecule has 0 aliphatic rings. The van der Waals surface area contributed by atoms with Crippen molar-refractivity contribution in [1.29, 1.82) is 0 Å². The van der Waals surface area contributed by atoms with Crippen molar-refractivity contribution in [2.24, 2.45) is 0 Å². The van der Waals surface area contributed by atoms with Crippen LogP contribution in [0.25, 0.3) is 0 Å². The maximum absolute atomic E-state index is 6.14. The molecule has 1 aromatic rings. The summed E-state index contributed by atoms with van der Waals surface area (Å²) < 4.78 is 23.2. The zero-order valence-corrected chi connectivity index (χ0v) is 25.0. The van der Waals surface area contributed by atoms with Gasteiger partial charge in [-0.25, -0.2) is 0 Å². The molecule has 38 heavy (non-hydrogen) atoms. The zero-order chi connectivity index (χ0) is 27.2. The molecule has 0 N–H and O–H groups in total. The molecule has 0 unspecified atom stereocenters. The highest BCUT2D eigenvalue weighted by atomic mass is 16.7. The average Bonchev–Trinajstić information content (AvgIpc) is 2.94. The van der Waals surface area contributed by atoms with Crippen LogP contribution in [0.5, 0.6) is 0 Å². The second-order valence-corrected chi connectivity index (χ2v) is 10.5. The first-order chi connectivity index (χ1) is 18.9. The molecule has 0 fully saturated rings. The van der Waals surface area contributed by atoms with Gasteiger partial charge in [0.2, 0.25) is 0 Å². The van der Waals surface area contributed by atoms with E-state index in [9.17, 15) is 0 Å². The Morgan fingerprint density at radius 3 is 1.82 bits per heavy atom. The van der Waals surface area contributed by atoms with Crippen LogP contribution in [-0.2, 0) is 25.6 Å². The SMILES string of the molecule is CCCCCCCOC(CCCCCCCCCC=COCOCc1ccccc1)OCCCCCCC. The Labute approximate surface area is 235 Å². The van der Waals surface area contributed by atoms with E-state index >= 15 is 0 Å². The van der Waals surface area contributed by atoms with Crippen LogP contribution in [0.3, 0.4) is 0 Å². The van der Waals surface area contributed by atoms with Gasteiger partial charge in [-0.3, -0.25) is 0 Å². The van der Waals surface area contributed by atoms with Gasteiger partial charge in [-0.2, -0.15) is 0 Å². The molecular formula is C34H60O4. The molecule has 4 nitrogen and oxygen atoms in total. The standard InChI is InChI=1S/C34H60O4/c1-3-5-7-15-23-29-37-34(38-30-24-16-8-6-4-2)27-21-14-12-10-9-11-13-17-22-28-35-32-36-31-33-25-19-18-20-26-33/h18-20,22,25-26,28,34H,3-17,21,23-24,27,29-32H2,1-2H3. The second-order valence-electron chi connectivity index (χ2n) is 10.5. The quantitative estimate of drug-likeness (QED) is 0.0584. The van der Waals surface area contributed by atoms with E-state index in [-0.39, 0.29) is 6.29 Å². The summed E-state index contributed by atoms with van der Waals surface area (Å²) in [4.78, 5) is 0. The van der Waals surface area contributed by atoms with E-state index in [1.807, 2.05) is 18.2 Å². The Morgan fingerprint density at radius 1 is 0.632 bits per heavy atom. The van der Waals surface area contributed by atoms with Crippen molar-refractivity contribution < 1.29 is 18.9 Å². The van der Waals surface area contributed by atoms with Gasteiger partial charge in [0, 0.05) is 13.2 Å². The van der Waals surface area contributed by atoms with Gasteiger partial charge >= 0.3 is 0 Å². The first-order valence-electron chi connectivity index (χ1n) is 16.0. The predicted molar refractivity (Wildman–Crippen MR) is 161 cm³/mol. The number of unbranched alkanes of at least 4 members (excludes halogenated alkanes) is 15. The van der Waals surface area contributed by atoms with Crippen molar-refractivity contribution in [3.8, 4) is 0 Å². The Bertz CT molecular complexity index is 588. The lowest BCUT2D eigenvalue weighted by Crippen LogP contribution is -2.19. The monoisotopic (exact) mass is 532 g/mol. The van der Waals surface area contributed by atoms with E-state index < -0.39 is 0 Å². The highest BCUT2D eigenvalue weighted by Gasteiger charge is 2.09. The maximum atomic E-state index is 6.14. The lowest BCUT2D eigenvalue weighted by molar-refractivity contribution is -0.148. The molecule has 0 atom stereocenters. The number of benzene rings is 1. The highest BCUT2D eigenvalue weighted by molar-refractivity contribution is 5.13. The minimum atomic E-state index is 0.00472. The second kappa shape index (κ2) is 28.6. The molecule has 0 amide bonds. The van der Waals surface area contributed by atoms with Gasteiger partial charge in [0.25, 0.3) is 0 Å². The van der Waals surface area contributed by atoms with Gasteiger partial charge in [-0.15, -0.1) is 0 Å². The molecule has 1 rings (SSSR count).